The van der Waals surface area contributed by atoms with Crippen molar-refractivity contribution in [1.29, 1.82) is 0 Å². The topological polar surface area (TPSA) is 83.1 Å². The van der Waals surface area contributed by atoms with Gasteiger partial charge in [0.1, 0.15) is 37.1 Å². The molecule has 43 heavy (non-hydrogen) atoms. The quantitative estimate of drug-likeness (QED) is 0.109. The zero-order valence-corrected chi connectivity index (χ0v) is 24.4. The van der Waals surface area contributed by atoms with Crippen molar-refractivity contribution in [3.05, 3.63) is 72.0 Å². The summed E-state index contributed by atoms with van der Waals surface area (Å²) in [5.41, 5.74) is 0. The van der Waals surface area contributed by atoms with E-state index in [4.69, 9.17) is 42.4 Å². The summed E-state index contributed by atoms with van der Waals surface area (Å²) in [6, 6.07) is 11.6. The van der Waals surface area contributed by atoms with Crippen LogP contribution in [-0.4, -0.2) is 66.8 Å². The maximum Gasteiger partial charge on any atom is 0.864 e. The normalized spacial score (nSPS) is 10.7. The van der Waals surface area contributed by atoms with Crippen molar-refractivity contribution in [3.63, 3.8) is 0 Å². The van der Waals surface area contributed by atoms with E-state index in [0.29, 0.717) is 39.6 Å². The first-order valence-electron chi connectivity index (χ1n) is 13.9. The standard InChI is InChI=1S/C30H36BF3O9/c1-4-35-13-16-38-28-10-7-22(19-25(28)32)41-31(42-23-8-11-29(26(33)20-23)39-17-14-36-5-2)43-24-9-12-30(27(34)21-24)40-18-15-37-6-3/h7-12,19-21H,4-6,13-18H2,1-3H3. The van der Waals surface area contributed by atoms with Gasteiger partial charge in [-0.25, -0.2) is 13.2 Å². The van der Waals surface area contributed by atoms with Gasteiger partial charge in [0.25, 0.3) is 0 Å². The molecule has 0 aliphatic carbocycles. The van der Waals surface area contributed by atoms with E-state index in [1.807, 2.05) is 20.8 Å². The molecule has 234 valence electrons. The molecular weight excluding hydrogens is 572 g/mol. The van der Waals surface area contributed by atoms with Gasteiger partial charge in [-0.1, -0.05) is 0 Å². The van der Waals surface area contributed by atoms with Gasteiger partial charge in [0.05, 0.1) is 19.8 Å². The van der Waals surface area contributed by atoms with E-state index in [2.05, 4.69) is 0 Å². The number of hydrogen-bond acceptors (Lipinski definition) is 9. The third-order valence-corrected chi connectivity index (χ3v) is 5.48. The van der Waals surface area contributed by atoms with Crippen molar-refractivity contribution >= 4 is 7.32 Å². The molecule has 3 aromatic rings. The number of rotatable bonds is 21. The predicted molar refractivity (Wildman–Crippen MR) is 153 cm³/mol. The first kappa shape index (κ1) is 33.7. The Morgan fingerprint density at radius 3 is 1.02 bits per heavy atom. The molecule has 0 aliphatic rings. The van der Waals surface area contributed by atoms with Crippen molar-refractivity contribution in [2.75, 3.05) is 59.5 Å². The Morgan fingerprint density at radius 2 is 0.767 bits per heavy atom. The van der Waals surface area contributed by atoms with Crippen LogP contribution in [0.15, 0.2) is 54.6 Å². The van der Waals surface area contributed by atoms with E-state index < -0.39 is 24.8 Å². The highest BCUT2D eigenvalue weighted by atomic mass is 19.1. The zero-order valence-electron chi connectivity index (χ0n) is 24.4. The zero-order chi connectivity index (χ0) is 30.9. The van der Waals surface area contributed by atoms with Crippen LogP contribution >= 0.6 is 0 Å². The van der Waals surface area contributed by atoms with Gasteiger partial charge in [-0.3, -0.25) is 0 Å². The van der Waals surface area contributed by atoms with Crippen LogP contribution in [0.4, 0.5) is 13.2 Å². The fourth-order valence-electron chi connectivity index (χ4n) is 3.49. The largest absolute Gasteiger partial charge is 0.864 e. The Kier molecular flexibility index (Phi) is 14.6. The molecule has 0 saturated heterocycles. The highest BCUT2D eigenvalue weighted by molar-refractivity contribution is 6.39. The fraction of sp³-hybridized carbons (Fsp3) is 0.400. The lowest BCUT2D eigenvalue weighted by Crippen LogP contribution is -2.37. The molecule has 0 saturated carbocycles. The minimum atomic E-state index is -1.59. The Morgan fingerprint density at radius 1 is 0.465 bits per heavy atom. The second kappa shape index (κ2) is 18.7. The Hall–Kier alpha value is -3.81. The molecule has 0 atom stereocenters. The molecule has 0 N–H and O–H groups in total. The van der Waals surface area contributed by atoms with Gasteiger partial charge in [-0.15, -0.1) is 0 Å². The molecule has 0 heterocycles. The van der Waals surface area contributed by atoms with Crippen molar-refractivity contribution in [1.82, 2.24) is 0 Å². The van der Waals surface area contributed by atoms with Gasteiger partial charge in [-0.2, -0.15) is 0 Å². The van der Waals surface area contributed by atoms with Gasteiger partial charge >= 0.3 is 7.32 Å². The summed E-state index contributed by atoms with van der Waals surface area (Å²) in [6.45, 7) is 8.46. The maximum atomic E-state index is 14.7. The first-order valence-corrected chi connectivity index (χ1v) is 13.9. The fourth-order valence-corrected chi connectivity index (χ4v) is 3.49. The lowest BCUT2D eigenvalue weighted by molar-refractivity contribution is 0.108. The SMILES string of the molecule is CCOCCOc1ccc(OB(Oc2ccc(OCCOCC)c(F)c2)Oc2ccc(OCCOCC)c(F)c2)cc1F. The highest BCUT2D eigenvalue weighted by Gasteiger charge is 2.31. The number of hydrogen-bond donors (Lipinski definition) is 0. The van der Waals surface area contributed by atoms with Crippen LogP contribution in [0.25, 0.3) is 0 Å². The third-order valence-electron chi connectivity index (χ3n) is 5.48. The van der Waals surface area contributed by atoms with Crippen LogP contribution in [0.3, 0.4) is 0 Å². The van der Waals surface area contributed by atoms with Crippen LogP contribution in [0.5, 0.6) is 34.5 Å². The molecule has 9 nitrogen and oxygen atoms in total. The van der Waals surface area contributed by atoms with E-state index >= 15 is 0 Å². The molecule has 3 aromatic carbocycles. The highest BCUT2D eigenvalue weighted by Crippen LogP contribution is 2.28. The molecule has 0 unspecified atom stereocenters. The summed E-state index contributed by atoms with van der Waals surface area (Å²) in [5, 5.41) is 0. The molecule has 0 amide bonds. The number of halogens is 3. The Bertz CT molecular complexity index is 1100. The van der Waals surface area contributed by atoms with E-state index in [1.165, 1.54) is 36.4 Å². The molecular formula is C30H36BF3O9. The average molecular weight is 608 g/mol. The summed E-state index contributed by atoms with van der Waals surface area (Å²) in [5.74, 6) is -2.10. The average Bonchev–Trinajstić information content (AvgIpc) is 2.98. The van der Waals surface area contributed by atoms with E-state index in [9.17, 15) is 13.2 Å². The van der Waals surface area contributed by atoms with E-state index in [-0.39, 0.29) is 54.3 Å². The second-order valence-electron chi connectivity index (χ2n) is 8.56. The van der Waals surface area contributed by atoms with E-state index in [0.717, 1.165) is 18.2 Å². The van der Waals surface area contributed by atoms with Crippen molar-refractivity contribution < 1.29 is 55.6 Å². The van der Waals surface area contributed by atoms with Gasteiger partial charge < -0.3 is 42.4 Å². The van der Waals surface area contributed by atoms with Crippen molar-refractivity contribution in [3.8, 4) is 34.5 Å². The lowest BCUT2D eigenvalue weighted by Gasteiger charge is -2.18. The van der Waals surface area contributed by atoms with Crippen molar-refractivity contribution in [2.45, 2.75) is 20.8 Å². The minimum Gasteiger partial charge on any atom is -0.489 e. The smallest absolute Gasteiger partial charge is 0.489 e. The summed E-state index contributed by atoms with van der Waals surface area (Å²) in [4.78, 5) is 0. The number of ether oxygens (including phenoxy) is 6. The molecule has 0 fully saturated rings. The van der Waals surface area contributed by atoms with Crippen LogP contribution < -0.4 is 28.2 Å². The molecule has 0 spiro atoms. The summed E-state index contributed by atoms with van der Waals surface area (Å²) in [7, 11) is -1.59. The monoisotopic (exact) mass is 608 g/mol. The molecule has 0 aliphatic heterocycles. The van der Waals surface area contributed by atoms with Gasteiger partial charge in [0.2, 0.25) is 0 Å². The number of benzene rings is 3. The second-order valence-corrected chi connectivity index (χ2v) is 8.56. The van der Waals surface area contributed by atoms with Gasteiger partial charge in [-0.05, 0) is 57.2 Å². The van der Waals surface area contributed by atoms with E-state index in [1.54, 1.807) is 0 Å². The summed E-state index contributed by atoms with van der Waals surface area (Å²) in [6.07, 6.45) is 0. The summed E-state index contributed by atoms with van der Waals surface area (Å²) >= 11 is 0. The van der Waals surface area contributed by atoms with Gasteiger partial charge in [0.15, 0.2) is 34.7 Å². The Balaban J connectivity index is 1.74. The Labute approximate surface area is 249 Å². The predicted octanol–water partition coefficient (Wildman–Crippen LogP) is 5.87. The van der Waals surface area contributed by atoms with Gasteiger partial charge in [0, 0.05) is 38.0 Å². The van der Waals surface area contributed by atoms with Crippen LogP contribution in [0.2, 0.25) is 0 Å². The molecule has 0 aromatic heterocycles. The maximum absolute atomic E-state index is 14.7. The molecule has 0 bridgehead atoms. The van der Waals surface area contributed by atoms with Crippen molar-refractivity contribution in [2.24, 2.45) is 0 Å². The molecule has 0 radical (unpaired) electrons. The minimum absolute atomic E-state index is 0.00515. The summed E-state index contributed by atoms with van der Waals surface area (Å²) < 4.78 is 92.9. The molecule has 3 rings (SSSR count). The van der Waals surface area contributed by atoms with Crippen LogP contribution in [-0.2, 0) is 14.2 Å². The lowest BCUT2D eigenvalue weighted by atomic mass is 10.1. The first-order chi connectivity index (χ1) is 20.9. The molecule has 13 heteroatoms. The van der Waals surface area contributed by atoms with Crippen LogP contribution in [0, 0.1) is 17.5 Å². The van der Waals surface area contributed by atoms with Crippen LogP contribution in [0.1, 0.15) is 20.8 Å². The third kappa shape index (κ3) is 11.8.